The van der Waals surface area contributed by atoms with E-state index in [0.29, 0.717) is 12.8 Å². The Hall–Kier alpha value is -0.440. The maximum Gasteiger partial charge on any atom is 0.184 e. The summed E-state index contributed by atoms with van der Waals surface area (Å²) in [4.78, 5) is 0. The summed E-state index contributed by atoms with van der Waals surface area (Å²) in [7, 11) is 4.44. The van der Waals surface area contributed by atoms with Crippen molar-refractivity contribution in [1.29, 1.82) is 0 Å². The van der Waals surface area contributed by atoms with Gasteiger partial charge in [0.15, 0.2) is 6.29 Å². The average Bonchev–Trinajstić information content (AvgIpc) is 2.92. The van der Waals surface area contributed by atoms with Crippen molar-refractivity contribution < 1.29 is 53.6 Å². The number of aliphatic hydroxyl groups is 4. The Balaban J connectivity index is 3.24. The molecule has 4 N–H and O–H groups in total. The molecule has 0 aromatic heterocycles. The van der Waals surface area contributed by atoms with Crippen molar-refractivity contribution in [2.24, 2.45) is 0 Å². The van der Waals surface area contributed by atoms with Crippen molar-refractivity contribution in [3.63, 3.8) is 0 Å². The van der Waals surface area contributed by atoms with Crippen LogP contribution in [0.5, 0.6) is 0 Å². The van der Waals surface area contributed by atoms with Gasteiger partial charge in [0.25, 0.3) is 0 Å². The summed E-state index contributed by atoms with van der Waals surface area (Å²) in [5, 5.41) is 42.6. The highest BCUT2D eigenvalue weighted by Gasteiger charge is 2.53. The number of methoxy groups -OCH3 is 3. The fraction of sp³-hybridized carbons (Fsp3) is 1.00. The zero-order valence-corrected chi connectivity index (χ0v) is 23.9. The van der Waals surface area contributed by atoms with Gasteiger partial charge in [-0.2, -0.15) is 0 Å². The van der Waals surface area contributed by atoms with Gasteiger partial charge in [-0.25, -0.2) is 0 Å². The highest BCUT2D eigenvalue weighted by molar-refractivity contribution is 5.02. The first-order valence-corrected chi connectivity index (χ1v) is 13.4. The molecule has 37 heavy (non-hydrogen) atoms. The van der Waals surface area contributed by atoms with E-state index in [-0.39, 0.29) is 19.3 Å². The van der Waals surface area contributed by atoms with Gasteiger partial charge in [0.1, 0.15) is 48.8 Å². The zero-order chi connectivity index (χ0) is 28.2. The molecule has 0 saturated carbocycles. The summed E-state index contributed by atoms with van der Waals surface area (Å²) in [5.41, 5.74) is -1.26. The first-order valence-electron chi connectivity index (χ1n) is 13.4. The Morgan fingerprint density at radius 2 is 1.54 bits per heavy atom. The molecule has 1 aliphatic heterocycles. The van der Waals surface area contributed by atoms with E-state index in [0.717, 1.165) is 12.8 Å². The Labute approximate surface area is 222 Å². The smallest absolute Gasteiger partial charge is 0.184 e. The van der Waals surface area contributed by atoms with Crippen LogP contribution >= 0.6 is 0 Å². The molecule has 222 valence electrons. The van der Waals surface area contributed by atoms with Gasteiger partial charge in [0.2, 0.25) is 0 Å². The van der Waals surface area contributed by atoms with Gasteiger partial charge in [0.05, 0.1) is 31.5 Å². The van der Waals surface area contributed by atoms with E-state index in [1.165, 1.54) is 21.3 Å². The van der Waals surface area contributed by atoms with Crippen LogP contribution in [0.15, 0.2) is 0 Å². The van der Waals surface area contributed by atoms with Crippen molar-refractivity contribution >= 4 is 0 Å². The Morgan fingerprint density at radius 1 is 0.919 bits per heavy atom. The molecule has 1 saturated heterocycles. The lowest BCUT2D eigenvalue weighted by atomic mass is 9.81. The molecule has 0 aromatic carbocycles. The van der Waals surface area contributed by atoms with Gasteiger partial charge >= 0.3 is 0 Å². The molecule has 1 fully saturated rings. The largest absolute Gasteiger partial charge is 0.394 e. The third-order valence-electron chi connectivity index (χ3n) is 7.42. The average molecular weight is 541 g/mol. The maximum absolute atomic E-state index is 11.3. The first-order chi connectivity index (χ1) is 17.6. The number of ether oxygens (including phenoxy) is 7. The monoisotopic (exact) mass is 540 g/mol. The predicted octanol–water partition coefficient (Wildman–Crippen LogP) is 1.02. The van der Waals surface area contributed by atoms with Gasteiger partial charge in [-0.3, -0.25) is 0 Å². The molecule has 0 aromatic rings. The summed E-state index contributed by atoms with van der Waals surface area (Å²) in [6.45, 7) is 8.73. The van der Waals surface area contributed by atoms with Crippen LogP contribution < -0.4 is 0 Å². The van der Waals surface area contributed by atoms with Crippen LogP contribution in [0, 0.1) is 0 Å². The molecule has 0 radical (unpaired) electrons. The normalized spacial score (nSPS) is 28.3. The van der Waals surface area contributed by atoms with Crippen molar-refractivity contribution in [1.82, 2.24) is 0 Å². The van der Waals surface area contributed by atoms with Crippen molar-refractivity contribution in [3.8, 4) is 0 Å². The lowest BCUT2D eigenvalue weighted by molar-refractivity contribution is -0.329. The minimum atomic E-state index is -1.26. The topological polar surface area (TPSA) is 146 Å². The summed E-state index contributed by atoms with van der Waals surface area (Å²) in [5.74, 6) is 0. The van der Waals surface area contributed by atoms with Crippen molar-refractivity contribution in [2.75, 3.05) is 41.2 Å². The second kappa shape index (κ2) is 17.3. The van der Waals surface area contributed by atoms with Gasteiger partial charge in [-0.1, -0.05) is 27.7 Å². The quantitative estimate of drug-likeness (QED) is 0.174. The third kappa shape index (κ3) is 9.04. The lowest BCUT2D eigenvalue weighted by Gasteiger charge is -2.49. The molecular weight excluding hydrogens is 488 g/mol. The highest BCUT2D eigenvalue weighted by Crippen LogP contribution is 2.35. The molecule has 3 unspecified atom stereocenters. The summed E-state index contributed by atoms with van der Waals surface area (Å²) in [6, 6.07) is 0. The Morgan fingerprint density at radius 3 is 1.97 bits per heavy atom. The molecule has 1 rings (SSSR count). The Bertz CT molecular complexity index is 587. The fourth-order valence-corrected chi connectivity index (χ4v) is 4.66. The lowest BCUT2D eigenvalue weighted by Crippen LogP contribution is -2.66. The van der Waals surface area contributed by atoms with E-state index >= 15 is 0 Å². The van der Waals surface area contributed by atoms with Gasteiger partial charge < -0.3 is 53.6 Å². The number of hydrogen-bond acceptors (Lipinski definition) is 11. The van der Waals surface area contributed by atoms with Gasteiger partial charge in [-0.15, -0.1) is 0 Å². The molecule has 0 aliphatic carbocycles. The summed E-state index contributed by atoms with van der Waals surface area (Å²) >= 11 is 0. The summed E-state index contributed by atoms with van der Waals surface area (Å²) in [6.07, 6.45) is -5.96. The third-order valence-corrected chi connectivity index (χ3v) is 7.42. The zero-order valence-electron chi connectivity index (χ0n) is 23.9. The molecule has 11 nitrogen and oxygen atoms in total. The van der Waals surface area contributed by atoms with E-state index in [9.17, 15) is 20.4 Å². The van der Waals surface area contributed by atoms with E-state index in [4.69, 9.17) is 33.2 Å². The van der Waals surface area contributed by atoms with E-state index < -0.39 is 67.3 Å². The van der Waals surface area contributed by atoms with E-state index in [2.05, 4.69) is 0 Å². The minimum Gasteiger partial charge on any atom is -0.394 e. The van der Waals surface area contributed by atoms with Crippen LogP contribution in [0.2, 0.25) is 0 Å². The van der Waals surface area contributed by atoms with Crippen LogP contribution in [0.4, 0.5) is 0 Å². The van der Waals surface area contributed by atoms with Crippen LogP contribution in [-0.2, 0) is 33.2 Å². The first kappa shape index (κ1) is 34.6. The fourth-order valence-electron chi connectivity index (χ4n) is 4.66. The SMILES string of the molecule is CCC(CC)O[C@@H](CO)C(COC)O[C@@H](O[C@H]1C(O)C(OC)[C@H](C(O)(CC)CC)O[C@H]1CO)[C@H](C)OC. The Kier molecular flexibility index (Phi) is 16.2. The van der Waals surface area contributed by atoms with Crippen molar-refractivity contribution in [3.05, 3.63) is 0 Å². The molecule has 1 aliphatic rings. The predicted molar refractivity (Wildman–Crippen MR) is 136 cm³/mol. The molecule has 0 spiro atoms. The van der Waals surface area contributed by atoms with Crippen LogP contribution in [0.1, 0.15) is 60.3 Å². The molecule has 9 atom stereocenters. The van der Waals surface area contributed by atoms with E-state index in [1.807, 2.05) is 27.7 Å². The van der Waals surface area contributed by atoms with Crippen LogP contribution in [0.25, 0.3) is 0 Å². The van der Waals surface area contributed by atoms with Gasteiger partial charge in [0, 0.05) is 21.3 Å². The second-order valence-corrected chi connectivity index (χ2v) is 9.61. The van der Waals surface area contributed by atoms with Crippen LogP contribution in [-0.4, -0.2) is 128 Å². The summed E-state index contributed by atoms with van der Waals surface area (Å²) < 4.78 is 41.0. The molecule has 11 heteroatoms. The number of rotatable bonds is 19. The van der Waals surface area contributed by atoms with Crippen LogP contribution in [0.3, 0.4) is 0 Å². The van der Waals surface area contributed by atoms with Crippen molar-refractivity contribution in [2.45, 2.75) is 127 Å². The molecular formula is C26H52O11. The number of aliphatic hydroxyl groups excluding tert-OH is 3. The molecule has 1 heterocycles. The number of hydrogen-bond donors (Lipinski definition) is 4. The highest BCUT2D eigenvalue weighted by atomic mass is 16.7. The minimum absolute atomic E-state index is 0.0677. The van der Waals surface area contributed by atoms with E-state index in [1.54, 1.807) is 6.92 Å². The standard InChI is InChI=1S/C26H52O11/c1-9-17(10-2)34-18(13-27)20(15-31-6)36-25(16(5)32-7)37-22-19(14-28)35-24(23(33-8)21(22)29)26(30,11-3)12-4/h16-25,27-30H,9-15H2,1-8H3/t16-,18-,19-,20?,21?,22+,23?,24+,25-/m0/s1. The molecule has 0 amide bonds. The maximum atomic E-state index is 11.3. The molecule has 0 bridgehead atoms. The van der Waals surface area contributed by atoms with Gasteiger partial charge in [-0.05, 0) is 32.6 Å². The second-order valence-electron chi connectivity index (χ2n) is 9.61.